The van der Waals surface area contributed by atoms with Crippen LogP contribution < -0.4 is 5.32 Å². The van der Waals surface area contributed by atoms with Gasteiger partial charge in [0.15, 0.2) is 0 Å². The van der Waals surface area contributed by atoms with E-state index in [1.807, 2.05) is 24.3 Å². The van der Waals surface area contributed by atoms with Crippen molar-refractivity contribution in [1.29, 1.82) is 0 Å². The largest absolute Gasteiger partial charge is 0.295 e. The average Bonchev–Trinajstić information content (AvgIpc) is 2.42. The Balaban J connectivity index is 1.77. The van der Waals surface area contributed by atoms with E-state index < -0.39 is 0 Å². The Morgan fingerprint density at radius 2 is 1.89 bits per heavy atom. The number of anilines is 1. The van der Waals surface area contributed by atoms with Crippen molar-refractivity contribution in [2.45, 2.75) is 19.3 Å². The monoisotopic (exact) mass is 275 g/mol. The summed E-state index contributed by atoms with van der Waals surface area (Å²) in [5, 5.41) is 3.39. The number of rotatable bonds is 5. The number of amides is 1. The number of halogens is 1. The fourth-order valence-electron chi connectivity index (χ4n) is 1.69. The van der Waals surface area contributed by atoms with E-state index in [9.17, 15) is 4.79 Å². The SMILES string of the molecule is O=C(CCCc1ccccc1Cl)Nc1ncccn1. The van der Waals surface area contributed by atoms with Gasteiger partial charge in [-0.05, 0) is 30.5 Å². The summed E-state index contributed by atoms with van der Waals surface area (Å²) in [6.07, 6.45) is 5.12. The first-order valence-corrected chi connectivity index (χ1v) is 6.44. The fourth-order valence-corrected chi connectivity index (χ4v) is 1.92. The second kappa shape index (κ2) is 6.85. The molecular formula is C14H14ClN3O. The molecule has 98 valence electrons. The molecule has 0 aliphatic carbocycles. The first kappa shape index (κ1) is 13.5. The third-order valence-corrected chi connectivity index (χ3v) is 2.99. The smallest absolute Gasteiger partial charge is 0.229 e. The zero-order chi connectivity index (χ0) is 13.5. The van der Waals surface area contributed by atoms with Gasteiger partial charge in [0.05, 0.1) is 0 Å². The number of aryl methyl sites for hydroxylation is 1. The van der Waals surface area contributed by atoms with Crippen LogP contribution in [0.2, 0.25) is 5.02 Å². The molecule has 1 aromatic carbocycles. The molecule has 4 nitrogen and oxygen atoms in total. The van der Waals surface area contributed by atoms with Crippen molar-refractivity contribution < 1.29 is 4.79 Å². The topological polar surface area (TPSA) is 54.9 Å². The van der Waals surface area contributed by atoms with E-state index in [0.717, 1.165) is 23.4 Å². The minimum Gasteiger partial charge on any atom is -0.295 e. The van der Waals surface area contributed by atoms with E-state index in [4.69, 9.17) is 11.6 Å². The molecule has 0 atom stereocenters. The van der Waals surface area contributed by atoms with Crippen molar-refractivity contribution in [2.24, 2.45) is 0 Å². The minimum atomic E-state index is -0.0850. The van der Waals surface area contributed by atoms with Gasteiger partial charge >= 0.3 is 0 Å². The average molecular weight is 276 g/mol. The molecule has 0 spiro atoms. The van der Waals surface area contributed by atoms with Crippen LogP contribution in [-0.4, -0.2) is 15.9 Å². The lowest BCUT2D eigenvalue weighted by atomic mass is 10.1. The molecule has 0 saturated heterocycles. The van der Waals surface area contributed by atoms with E-state index >= 15 is 0 Å². The molecular weight excluding hydrogens is 262 g/mol. The lowest BCUT2D eigenvalue weighted by Crippen LogP contribution is -2.13. The summed E-state index contributed by atoms with van der Waals surface area (Å²) in [6, 6.07) is 9.37. The molecule has 0 aliphatic rings. The number of benzene rings is 1. The number of hydrogen-bond donors (Lipinski definition) is 1. The Hall–Kier alpha value is -1.94. The van der Waals surface area contributed by atoms with Crippen LogP contribution >= 0.6 is 11.6 Å². The molecule has 5 heteroatoms. The van der Waals surface area contributed by atoms with Gasteiger partial charge in [-0.3, -0.25) is 10.1 Å². The Bertz CT molecular complexity index is 545. The van der Waals surface area contributed by atoms with Crippen molar-refractivity contribution in [3.05, 3.63) is 53.3 Å². The lowest BCUT2D eigenvalue weighted by molar-refractivity contribution is -0.116. The van der Waals surface area contributed by atoms with Crippen LogP contribution in [0.15, 0.2) is 42.7 Å². The number of nitrogens with zero attached hydrogens (tertiary/aromatic N) is 2. The van der Waals surface area contributed by atoms with E-state index in [0.29, 0.717) is 12.4 Å². The second-order valence-electron chi connectivity index (χ2n) is 4.07. The summed E-state index contributed by atoms with van der Waals surface area (Å²) >= 11 is 6.05. The van der Waals surface area contributed by atoms with Crippen LogP contribution in [0, 0.1) is 0 Å². The van der Waals surface area contributed by atoms with Crippen LogP contribution in [0.3, 0.4) is 0 Å². The zero-order valence-corrected chi connectivity index (χ0v) is 11.1. The highest BCUT2D eigenvalue weighted by Gasteiger charge is 2.05. The number of nitrogens with one attached hydrogen (secondary N) is 1. The van der Waals surface area contributed by atoms with Gasteiger partial charge in [0.1, 0.15) is 0 Å². The highest BCUT2D eigenvalue weighted by molar-refractivity contribution is 6.31. The number of hydrogen-bond acceptors (Lipinski definition) is 3. The minimum absolute atomic E-state index is 0.0850. The maximum absolute atomic E-state index is 11.7. The molecule has 0 saturated carbocycles. The van der Waals surface area contributed by atoms with Crippen molar-refractivity contribution in [2.75, 3.05) is 5.32 Å². The summed E-state index contributed by atoms with van der Waals surface area (Å²) in [5.74, 6) is 0.253. The van der Waals surface area contributed by atoms with Crippen LogP contribution in [0.25, 0.3) is 0 Å². The Morgan fingerprint density at radius 3 is 2.63 bits per heavy atom. The number of carbonyl (C=O) groups excluding carboxylic acids is 1. The molecule has 2 rings (SSSR count). The van der Waals surface area contributed by atoms with Gasteiger partial charge in [0.25, 0.3) is 0 Å². The third kappa shape index (κ3) is 4.34. The first-order chi connectivity index (χ1) is 9.25. The van der Waals surface area contributed by atoms with E-state index in [-0.39, 0.29) is 5.91 Å². The fraction of sp³-hybridized carbons (Fsp3) is 0.214. The molecule has 1 aromatic heterocycles. The molecule has 1 heterocycles. The van der Waals surface area contributed by atoms with E-state index in [2.05, 4.69) is 15.3 Å². The van der Waals surface area contributed by atoms with Gasteiger partial charge in [-0.15, -0.1) is 0 Å². The Labute approximate surface area is 116 Å². The van der Waals surface area contributed by atoms with Crippen LogP contribution in [0.5, 0.6) is 0 Å². The van der Waals surface area contributed by atoms with Crippen molar-refractivity contribution in [1.82, 2.24) is 9.97 Å². The lowest BCUT2D eigenvalue weighted by Gasteiger charge is -2.04. The maximum Gasteiger partial charge on any atom is 0.229 e. The first-order valence-electron chi connectivity index (χ1n) is 6.06. The molecule has 0 bridgehead atoms. The summed E-state index contributed by atoms with van der Waals surface area (Å²) in [7, 11) is 0. The normalized spacial score (nSPS) is 10.2. The van der Waals surface area contributed by atoms with Crippen LogP contribution in [-0.2, 0) is 11.2 Å². The van der Waals surface area contributed by atoms with Crippen LogP contribution in [0.1, 0.15) is 18.4 Å². The molecule has 2 aromatic rings. The highest BCUT2D eigenvalue weighted by atomic mass is 35.5. The van der Waals surface area contributed by atoms with E-state index in [1.165, 1.54) is 0 Å². The molecule has 0 radical (unpaired) electrons. The number of aromatic nitrogens is 2. The van der Waals surface area contributed by atoms with Crippen molar-refractivity contribution in [3.63, 3.8) is 0 Å². The number of carbonyl (C=O) groups is 1. The van der Waals surface area contributed by atoms with E-state index in [1.54, 1.807) is 18.5 Å². The predicted octanol–water partition coefficient (Wildman–Crippen LogP) is 3.09. The molecule has 19 heavy (non-hydrogen) atoms. The summed E-state index contributed by atoms with van der Waals surface area (Å²) in [4.78, 5) is 19.5. The Kier molecular flexibility index (Phi) is 4.86. The predicted molar refractivity (Wildman–Crippen MR) is 75.1 cm³/mol. The van der Waals surface area contributed by atoms with Crippen molar-refractivity contribution in [3.8, 4) is 0 Å². The quantitative estimate of drug-likeness (QED) is 0.912. The summed E-state index contributed by atoms with van der Waals surface area (Å²) in [6.45, 7) is 0. The van der Waals surface area contributed by atoms with Gasteiger partial charge in [0.2, 0.25) is 11.9 Å². The molecule has 0 unspecified atom stereocenters. The zero-order valence-electron chi connectivity index (χ0n) is 10.3. The molecule has 1 N–H and O–H groups in total. The van der Waals surface area contributed by atoms with Gasteiger partial charge in [-0.2, -0.15) is 0 Å². The standard InChI is InChI=1S/C14H14ClN3O/c15-12-7-2-1-5-11(12)6-3-8-13(19)18-14-16-9-4-10-17-14/h1-2,4-5,7,9-10H,3,6,8H2,(H,16,17,18,19). The third-order valence-electron chi connectivity index (χ3n) is 2.62. The maximum atomic E-state index is 11.7. The van der Waals surface area contributed by atoms with Gasteiger partial charge < -0.3 is 0 Å². The van der Waals surface area contributed by atoms with Gasteiger partial charge in [-0.1, -0.05) is 29.8 Å². The molecule has 1 amide bonds. The molecule has 0 fully saturated rings. The second-order valence-corrected chi connectivity index (χ2v) is 4.47. The van der Waals surface area contributed by atoms with Gasteiger partial charge in [0, 0.05) is 23.8 Å². The van der Waals surface area contributed by atoms with Gasteiger partial charge in [-0.25, -0.2) is 9.97 Å². The van der Waals surface area contributed by atoms with Crippen molar-refractivity contribution >= 4 is 23.5 Å². The molecule has 0 aliphatic heterocycles. The Morgan fingerprint density at radius 1 is 1.16 bits per heavy atom. The summed E-state index contributed by atoms with van der Waals surface area (Å²) < 4.78 is 0. The summed E-state index contributed by atoms with van der Waals surface area (Å²) in [5.41, 5.74) is 1.06. The highest BCUT2D eigenvalue weighted by Crippen LogP contribution is 2.17. The van der Waals surface area contributed by atoms with Crippen LogP contribution in [0.4, 0.5) is 5.95 Å².